The molecule has 0 aliphatic rings. The van der Waals surface area contributed by atoms with Crippen molar-refractivity contribution in [3.63, 3.8) is 0 Å². The first-order chi connectivity index (χ1) is 24.3. The zero-order valence-electron chi connectivity index (χ0n) is 27.1. The summed E-state index contributed by atoms with van der Waals surface area (Å²) in [4.78, 5) is 11.4. The number of aromatic nitrogens is 2. The zero-order chi connectivity index (χ0) is 32.8. The van der Waals surface area contributed by atoms with E-state index in [1.54, 1.807) is 0 Å². The number of hydrogen-bond acceptors (Lipinski definition) is 3. The maximum atomic E-state index is 4.60. The second-order valence-electron chi connectivity index (χ2n) is 11.7. The van der Waals surface area contributed by atoms with Crippen LogP contribution in [-0.2, 0) is 21.1 Å². The molecule has 8 rings (SSSR count). The molecule has 0 amide bonds. The average molecular weight is 821 g/mol. The molecule has 0 bridgehead atoms. The van der Waals surface area contributed by atoms with Crippen LogP contribution in [0.1, 0.15) is 0 Å². The molecule has 0 aliphatic carbocycles. The van der Waals surface area contributed by atoms with Crippen LogP contribution in [0.15, 0.2) is 188 Å². The van der Waals surface area contributed by atoms with Crippen LogP contribution in [-0.4, -0.2) is 9.97 Å². The van der Waals surface area contributed by atoms with Crippen LogP contribution >= 0.6 is 0 Å². The second-order valence-corrected chi connectivity index (χ2v) is 11.7. The van der Waals surface area contributed by atoms with Crippen LogP contribution in [0.2, 0.25) is 0 Å². The molecule has 0 radical (unpaired) electrons. The van der Waals surface area contributed by atoms with E-state index in [1.807, 2.05) is 48.8 Å². The van der Waals surface area contributed by atoms with E-state index in [1.165, 1.54) is 22.3 Å². The molecule has 0 saturated heterocycles. The van der Waals surface area contributed by atoms with E-state index >= 15 is 0 Å². The van der Waals surface area contributed by atoms with Crippen molar-refractivity contribution >= 4 is 17.1 Å². The van der Waals surface area contributed by atoms with Gasteiger partial charge in [0.15, 0.2) is 0 Å². The quantitative estimate of drug-likeness (QED) is 0.143. The number of rotatable bonds is 8. The van der Waals surface area contributed by atoms with Crippen molar-refractivity contribution in [1.82, 2.24) is 9.97 Å². The Hall–Kier alpha value is -5.89. The van der Waals surface area contributed by atoms with Crippen molar-refractivity contribution in [1.29, 1.82) is 0 Å². The van der Waals surface area contributed by atoms with E-state index in [2.05, 4.69) is 167 Å². The van der Waals surface area contributed by atoms with Gasteiger partial charge in [-0.3, -0.25) is 0 Å². The topological polar surface area (TPSA) is 29.0 Å². The summed E-state index contributed by atoms with van der Waals surface area (Å²) in [5.41, 5.74) is 13.3. The summed E-state index contributed by atoms with van der Waals surface area (Å²) in [5.74, 6) is 0. The Kier molecular flexibility index (Phi) is 9.87. The van der Waals surface area contributed by atoms with Gasteiger partial charge >= 0.3 is 21.1 Å². The fraction of sp³-hybridized carbons (Fsp3) is 0. The second kappa shape index (κ2) is 15.1. The Morgan fingerprint density at radius 3 is 1.28 bits per heavy atom. The minimum Gasteiger partial charge on any atom is -0.346 e. The van der Waals surface area contributed by atoms with E-state index in [9.17, 15) is 0 Å². The molecular weight excluding hydrogens is 790 g/mol. The first-order valence-electron chi connectivity index (χ1n) is 16.3. The van der Waals surface area contributed by atoms with Crippen LogP contribution in [0.5, 0.6) is 0 Å². The number of hydrogen-bond donors (Lipinski definition) is 0. The van der Waals surface area contributed by atoms with Gasteiger partial charge in [0.05, 0.1) is 0 Å². The third kappa shape index (κ3) is 7.10. The Balaban J connectivity index is 0.00000392. The van der Waals surface area contributed by atoms with Crippen LogP contribution < -0.4 is 4.90 Å². The Morgan fingerprint density at radius 2 is 0.800 bits per heavy atom. The Bertz CT molecular complexity index is 2190. The molecule has 0 unspecified atom stereocenters. The molecule has 0 aliphatic heterocycles. The van der Waals surface area contributed by atoms with Gasteiger partial charge in [-0.2, -0.15) is 0 Å². The van der Waals surface area contributed by atoms with E-state index < -0.39 is 0 Å². The summed E-state index contributed by atoms with van der Waals surface area (Å²) in [5, 5.41) is 0. The zero-order valence-corrected chi connectivity index (χ0v) is 29.3. The average Bonchev–Trinajstić information content (AvgIpc) is 3.19. The molecule has 0 spiro atoms. The van der Waals surface area contributed by atoms with Gasteiger partial charge in [0.25, 0.3) is 0 Å². The summed E-state index contributed by atoms with van der Waals surface area (Å²) >= 11 is 0. The van der Waals surface area contributed by atoms with Crippen LogP contribution in [0.25, 0.3) is 55.9 Å². The molecule has 4 heteroatoms. The molecule has 6 aromatic carbocycles. The van der Waals surface area contributed by atoms with E-state index in [-0.39, 0.29) is 21.1 Å². The SMILES string of the molecule is [Pt+2].[c-]1c(-c2ccccn2)cccc1N(c1[c-]c(-c2ccccn2)ccc1)c1cccc(-c2cc(-c3ccccc3)cc(-c3ccccc3)c2)c1. The first-order valence-corrected chi connectivity index (χ1v) is 16.3. The summed E-state index contributed by atoms with van der Waals surface area (Å²) in [7, 11) is 0. The third-order valence-corrected chi connectivity index (χ3v) is 8.51. The first kappa shape index (κ1) is 32.6. The maximum absolute atomic E-state index is 4.60. The molecule has 0 saturated carbocycles. The largest absolute Gasteiger partial charge is 2.00 e. The Morgan fingerprint density at radius 1 is 0.360 bits per heavy atom. The monoisotopic (exact) mass is 820 g/mol. The minimum atomic E-state index is 0. The summed E-state index contributed by atoms with van der Waals surface area (Å²) in [6.07, 6.45) is 3.63. The number of benzene rings is 6. The maximum Gasteiger partial charge on any atom is 2.00 e. The fourth-order valence-corrected chi connectivity index (χ4v) is 6.14. The van der Waals surface area contributed by atoms with Crippen LogP contribution in [0, 0.1) is 12.1 Å². The Labute approximate surface area is 307 Å². The van der Waals surface area contributed by atoms with E-state index in [0.717, 1.165) is 50.7 Å². The molecule has 2 aromatic heterocycles. The summed E-state index contributed by atoms with van der Waals surface area (Å²) in [6, 6.07) is 68.3. The van der Waals surface area contributed by atoms with Gasteiger partial charge in [0.2, 0.25) is 0 Å². The third-order valence-electron chi connectivity index (χ3n) is 8.51. The van der Waals surface area contributed by atoms with Crippen molar-refractivity contribution in [3.05, 3.63) is 200 Å². The van der Waals surface area contributed by atoms with Crippen LogP contribution in [0.4, 0.5) is 17.1 Å². The number of pyridine rings is 2. The molecule has 8 aromatic rings. The smallest absolute Gasteiger partial charge is 0.346 e. The molecule has 50 heavy (non-hydrogen) atoms. The predicted octanol–water partition coefficient (Wildman–Crippen LogP) is 11.9. The minimum absolute atomic E-state index is 0. The van der Waals surface area contributed by atoms with Crippen LogP contribution in [0.3, 0.4) is 0 Å². The standard InChI is InChI=1S/C46H31N3.Pt/c1-3-14-34(15-4-1)39-28-40(35-16-5-2-6-17-35)30-41(29-39)36-18-11-21-42(31-36)49(43-22-12-19-37(32-43)45-24-7-9-26-47-45)44-23-13-20-38(33-44)46-25-8-10-27-48-46;/h1-31H;/q-2;+2. The molecule has 0 atom stereocenters. The fourth-order valence-electron chi connectivity index (χ4n) is 6.14. The van der Waals surface area contributed by atoms with Crippen molar-refractivity contribution in [2.24, 2.45) is 0 Å². The van der Waals surface area contributed by atoms with Gasteiger partial charge in [0.1, 0.15) is 0 Å². The molecule has 3 nitrogen and oxygen atoms in total. The molecule has 2 heterocycles. The normalized spacial score (nSPS) is 10.6. The summed E-state index contributed by atoms with van der Waals surface area (Å²) < 4.78 is 0. The molecule has 0 N–H and O–H groups in total. The number of anilines is 3. The van der Waals surface area contributed by atoms with Crippen molar-refractivity contribution in [3.8, 4) is 55.9 Å². The molecular formula is C46H31N3Pt. The van der Waals surface area contributed by atoms with E-state index in [0.29, 0.717) is 0 Å². The predicted molar refractivity (Wildman–Crippen MR) is 202 cm³/mol. The summed E-state index contributed by atoms with van der Waals surface area (Å²) in [6.45, 7) is 0. The van der Waals surface area contributed by atoms with Gasteiger partial charge in [-0.15, -0.1) is 59.7 Å². The van der Waals surface area contributed by atoms with Gasteiger partial charge in [-0.1, -0.05) is 97.1 Å². The number of nitrogens with zero attached hydrogens (tertiary/aromatic N) is 3. The van der Waals surface area contributed by atoms with Gasteiger partial charge < -0.3 is 14.9 Å². The van der Waals surface area contributed by atoms with Gasteiger partial charge in [0, 0.05) is 18.1 Å². The van der Waals surface area contributed by atoms with E-state index in [4.69, 9.17) is 0 Å². The molecule has 0 fully saturated rings. The van der Waals surface area contributed by atoms with Crippen molar-refractivity contribution < 1.29 is 21.1 Å². The van der Waals surface area contributed by atoms with Crippen molar-refractivity contribution in [2.45, 2.75) is 0 Å². The van der Waals surface area contributed by atoms with Crippen molar-refractivity contribution in [2.75, 3.05) is 4.90 Å². The van der Waals surface area contributed by atoms with Gasteiger partial charge in [-0.25, -0.2) is 0 Å². The van der Waals surface area contributed by atoms with Gasteiger partial charge in [-0.05, 0) is 98.6 Å². The molecule has 240 valence electrons.